The Balaban J connectivity index is 2.02. The second-order valence-electron chi connectivity index (χ2n) is 4.52. The number of hydrogen-bond donors (Lipinski definition) is 0. The second-order valence-corrected chi connectivity index (χ2v) is 5.38. The predicted molar refractivity (Wildman–Crippen MR) is 68.3 cm³/mol. The van der Waals surface area contributed by atoms with Gasteiger partial charge in [-0.25, -0.2) is 4.98 Å². The molecule has 0 radical (unpaired) electrons. The van der Waals surface area contributed by atoms with Crippen molar-refractivity contribution in [2.75, 3.05) is 7.11 Å². The van der Waals surface area contributed by atoms with E-state index in [1.54, 1.807) is 13.3 Å². The molecule has 1 fully saturated rings. The maximum absolute atomic E-state index is 5.80. The number of halogens is 1. The lowest BCUT2D eigenvalue weighted by molar-refractivity contribution is 0.117. The molecular weight excluding hydrogens is 284 g/mol. The van der Waals surface area contributed by atoms with Gasteiger partial charge in [0.2, 0.25) is 5.88 Å². The first-order chi connectivity index (χ1) is 8.19. The van der Waals surface area contributed by atoms with Crippen molar-refractivity contribution in [3.63, 3.8) is 0 Å². The normalized spacial score (nSPS) is 24.4. The van der Waals surface area contributed by atoms with Crippen LogP contribution in [-0.2, 0) is 0 Å². The highest BCUT2D eigenvalue weighted by Gasteiger charge is 2.21. The molecule has 0 aliphatic heterocycles. The van der Waals surface area contributed by atoms with Gasteiger partial charge in [0, 0.05) is 0 Å². The minimum Gasteiger partial charge on any atom is -0.480 e. The number of aromatic nitrogens is 2. The maximum atomic E-state index is 5.80. The van der Waals surface area contributed by atoms with Gasteiger partial charge in [-0.05, 0) is 41.1 Å². The van der Waals surface area contributed by atoms with Crippen molar-refractivity contribution in [1.29, 1.82) is 0 Å². The first-order valence-electron chi connectivity index (χ1n) is 5.92. The van der Waals surface area contributed by atoms with E-state index in [4.69, 9.17) is 9.47 Å². The van der Waals surface area contributed by atoms with Crippen molar-refractivity contribution in [3.05, 3.63) is 10.7 Å². The summed E-state index contributed by atoms with van der Waals surface area (Å²) in [5, 5.41) is 0. The van der Waals surface area contributed by atoms with Crippen molar-refractivity contribution < 1.29 is 9.47 Å². The van der Waals surface area contributed by atoms with E-state index >= 15 is 0 Å². The largest absolute Gasteiger partial charge is 0.480 e. The van der Waals surface area contributed by atoms with Gasteiger partial charge in [0.25, 0.3) is 0 Å². The van der Waals surface area contributed by atoms with Crippen molar-refractivity contribution in [3.8, 4) is 11.9 Å². The second kappa shape index (κ2) is 5.67. The molecule has 2 rings (SSSR count). The molecule has 17 heavy (non-hydrogen) atoms. The van der Waals surface area contributed by atoms with Crippen LogP contribution in [0.4, 0.5) is 0 Å². The first kappa shape index (κ1) is 12.6. The average molecular weight is 301 g/mol. The molecule has 2 atom stereocenters. The van der Waals surface area contributed by atoms with Crippen LogP contribution in [0, 0.1) is 5.92 Å². The number of rotatable bonds is 3. The van der Waals surface area contributed by atoms with Gasteiger partial charge in [-0.1, -0.05) is 13.3 Å². The Bertz CT molecular complexity index is 387. The number of methoxy groups -OCH3 is 1. The summed E-state index contributed by atoms with van der Waals surface area (Å²) in [6, 6.07) is 0.407. The van der Waals surface area contributed by atoms with Gasteiger partial charge in [0.15, 0.2) is 0 Å². The first-order valence-corrected chi connectivity index (χ1v) is 6.71. The monoisotopic (exact) mass is 300 g/mol. The number of ether oxygens (including phenoxy) is 2. The van der Waals surface area contributed by atoms with Crippen LogP contribution in [0.1, 0.15) is 32.6 Å². The van der Waals surface area contributed by atoms with Gasteiger partial charge in [-0.2, -0.15) is 4.98 Å². The fourth-order valence-electron chi connectivity index (χ4n) is 2.17. The summed E-state index contributed by atoms with van der Waals surface area (Å²) in [5.74, 6) is 1.24. The van der Waals surface area contributed by atoms with Crippen LogP contribution in [-0.4, -0.2) is 23.2 Å². The molecule has 0 spiro atoms. The van der Waals surface area contributed by atoms with Crippen LogP contribution < -0.4 is 9.47 Å². The van der Waals surface area contributed by atoms with E-state index in [2.05, 4.69) is 32.8 Å². The lowest BCUT2D eigenvalue weighted by Crippen LogP contribution is -2.24. The van der Waals surface area contributed by atoms with E-state index in [0.717, 1.165) is 23.2 Å². The third-order valence-electron chi connectivity index (χ3n) is 3.04. The molecule has 2 unspecified atom stereocenters. The molecule has 94 valence electrons. The van der Waals surface area contributed by atoms with Crippen LogP contribution >= 0.6 is 15.9 Å². The zero-order valence-electron chi connectivity index (χ0n) is 10.1. The van der Waals surface area contributed by atoms with Gasteiger partial charge >= 0.3 is 6.01 Å². The van der Waals surface area contributed by atoms with Gasteiger partial charge in [-0.3, -0.25) is 0 Å². The molecule has 5 heteroatoms. The summed E-state index contributed by atoms with van der Waals surface area (Å²) in [6.45, 7) is 2.26. The van der Waals surface area contributed by atoms with E-state index in [1.807, 2.05) is 0 Å². The molecule has 0 saturated heterocycles. The van der Waals surface area contributed by atoms with Crippen molar-refractivity contribution >= 4 is 15.9 Å². The third kappa shape index (κ3) is 3.31. The Morgan fingerprint density at radius 2 is 2.24 bits per heavy atom. The molecule has 1 saturated carbocycles. The average Bonchev–Trinajstić information content (AvgIpc) is 2.32. The van der Waals surface area contributed by atoms with Crippen LogP contribution in [0.5, 0.6) is 11.9 Å². The Hall–Kier alpha value is -0.840. The molecule has 1 aliphatic carbocycles. The minimum absolute atomic E-state index is 0.240. The van der Waals surface area contributed by atoms with Crippen LogP contribution in [0.2, 0.25) is 0 Å². The van der Waals surface area contributed by atoms with Gasteiger partial charge in [-0.15, -0.1) is 0 Å². The van der Waals surface area contributed by atoms with E-state index < -0.39 is 0 Å². The summed E-state index contributed by atoms with van der Waals surface area (Å²) in [6.07, 6.45) is 6.59. The van der Waals surface area contributed by atoms with Gasteiger partial charge < -0.3 is 9.47 Å². The minimum atomic E-state index is 0.240. The lowest BCUT2D eigenvalue weighted by atomic mass is 9.89. The zero-order valence-corrected chi connectivity index (χ0v) is 11.7. The topological polar surface area (TPSA) is 44.2 Å². The third-order valence-corrected chi connectivity index (χ3v) is 3.59. The Morgan fingerprint density at radius 1 is 1.41 bits per heavy atom. The molecule has 1 aromatic heterocycles. The van der Waals surface area contributed by atoms with E-state index in [1.165, 1.54) is 12.8 Å². The lowest BCUT2D eigenvalue weighted by Gasteiger charge is -2.26. The predicted octanol–water partition coefficient (Wildman–Crippen LogP) is 3.21. The molecule has 4 nitrogen and oxygen atoms in total. The van der Waals surface area contributed by atoms with Crippen LogP contribution in [0.15, 0.2) is 10.7 Å². The summed E-state index contributed by atoms with van der Waals surface area (Å²) >= 11 is 3.32. The smallest absolute Gasteiger partial charge is 0.320 e. The number of hydrogen-bond acceptors (Lipinski definition) is 4. The molecule has 0 bridgehead atoms. The highest BCUT2D eigenvalue weighted by molar-refractivity contribution is 9.10. The maximum Gasteiger partial charge on any atom is 0.320 e. The highest BCUT2D eigenvalue weighted by atomic mass is 79.9. The Morgan fingerprint density at radius 3 is 2.94 bits per heavy atom. The SMILES string of the molecule is COc1nc(OC2CCCC(C)C2)ncc1Br. The highest BCUT2D eigenvalue weighted by Crippen LogP contribution is 2.28. The van der Waals surface area contributed by atoms with E-state index in [9.17, 15) is 0 Å². The fourth-order valence-corrected chi connectivity index (χ4v) is 2.52. The molecular formula is C12H17BrN2O2. The standard InChI is InChI=1S/C12H17BrN2O2/c1-8-4-3-5-9(6-8)17-12-14-7-10(13)11(15-12)16-2/h7-9H,3-6H2,1-2H3. The van der Waals surface area contributed by atoms with E-state index in [-0.39, 0.29) is 6.10 Å². The molecule has 1 aliphatic rings. The quantitative estimate of drug-likeness (QED) is 0.860. The molecule has 0 aromatic carbocycles. The zero-order chi connectivity index (χ0) is 12.3. The molecule has 1 aromatic rings. The summed E-state index contributed by atoms with van der Waals surface area (Å²) in [4.78, 5) is 8.35. The Labute approximate surface area is 110 Å². The summed E-state index contributed by atoms with van der Waals surface area (Å²) in [5.41, 5.74) is 0. The van der Waals surface area contributed by atoms with Gasteiger partial charge in [0.1, 0.15) is 6.10 Å². The van der Waals surface area contributed by atoms with Crippen molar-refractivity contribution in [1.82, 2.24) is 9.97 Å². The molecule has 1 heterocycles. The van der Waals surface area contributed by atoms with Gasteiger partial charge in [0.05, 0.1) is 17.8 Å². The van der Waals surface area contributed by atoms with E-state index in [0.29, 0.717) is 11.9 Å². The molecule has 0 N–H and O–H groups in total. The number of nitrogens with zero attached hydrogens (tertiary/aromatic N) is 2. The summed E-state index contributed by atoms with van der Waals surface area (Å²) in [7, 11) is 1.58. The fraction of sp³-hybridized carbons (Fsp3) is 0.667. The van der Waals surface area contributed by atoms with Crippen molar-refractivity contribution in [2.24, 2.45) is 5.92 Å². The van der Waals surface area contributed by atoms with Crippen LogP contribution in [0.3, 0.4) is 0 Å². The Kier molecular flexibility index (Phi) is 4.20. The summed E-state index contributed by atoms with van der Waals surface area (Å²) < 4.78 is 11.7. The van der Waals surface area contributed by atoms with Crippen LogP contribution in [0.25, 0.3) is 0 Å². The molecule has 0 amide bonds. The van der Waals surface area contributed by atoms with Crippen molar-refractivity contribution in [2.45, 2.75) is 38.7 Å².